The Labute approximate surface area is 199 Å². The summed E-state index contributed by atoms with van der Waals surface area (Å²) in [4.78, 5) is 38.6. The van der Waals surface area contributed by atoms with Crippen molar-refractivity contribution in [2.75, 3.05) is 12.9 Å². The predicted octanol–water partition coefficient (Wildman–Crippen LogP) is 4.04. The highest BCUT2D eigenvalue weighted by molar-refractivity contribution is 7.99. The maximum Gasteiger partial charge on any atom is 0.306 e. The molecule has 1 heterocycles. The van der Waals surface area contributed by atoms with Crippen LogP contribution >= 0.6 is 11.8 Å². The molecule has 0 fully saturated rings. The third-order valence-electron chi connectivity index (χ3n) is 5.11. The van der Waals surface area contributed by atoms with Crippen LogP contribution in [0.3, 0.4) is 0 Å². The number of aromatic nitrogens is 1. The maximum atomic E-state index is 11.8. The second kappa shape index (κ2) is 14.3. The molecule has 7 nitrogen and oxygen atoms in total. The number of esters is 1. The topological polar surface area (TPSA) is 94.6 Å². The molecule has 0 aliphatic carbocycles. The summed E-state index contributed by atoms with van der Waals surface area (Å²) in [5.41, 5.74) is 2.75. The molecule has 0 aliphatic rings. The molecule has 2 amide bonds. The molecule has 1 N–H and O–H groups in total. The first kappa shape index (κ1) is 26.4. The first-order valence-corrected chi connectivity index (χ1v) is 12.4. The van der Waals surface area contributed by atoms with Crippen LogP contribution in [-0.4, -0.2) is 41.4 Å². The van der Waals surface area contributed by atoms with E-state index in [-0.39, 0.29) is 23.2 Å². The molecule has 0 saturated heterocycles. The number of unbranched alkanes of at least 4 members (excludes halogenated alkanes) is 1. The summed E-state index contributed by atoms with van der Waals surface area (Å²) in [6.45, 7) is 4.37. The zero-order valence-electron chi connectivity index (χ0n) is 19.4. The Morgan fingerprint density at radius 1 is 1.18 bits per heavy atom. The number of thioether (sulfide) groups is 1. The van der Waals surface area contributed by atoms with Crippen molar-refractivity contribution in [2.45, 2.75) is 57.3 Å². The van der Waals surface area contributed by atoms with Gasteiger partial charge >= 0.3 is 5.97 Å². The van der Waals surface area contributed by atoms with E-state index in [4.69, 9.17) is 9.47 Å². The van der Waals surface area contributed by atoms with Crippen molar-refractivity contribution in [2.24, 2.45) is 0 Å². The molecule has 0 saturated carbocycles. The molecule has 0 bridgehead atoms. The summed E-state index contributed by atoms with van der Waals surface area (Å²) in [5, 5.41) is 1.88. The Kier molecular flexibility index (Phi) is 11.4. The van der Waals surface area contributed by atoms with Crippen LogP contribution < -0.4 is 10.1 Å². The van der Waals surface area contributed by atoms with Gasteiger partial charge in [-0.05, 0) is 49.8 Å². The normalized spacial score (nSPS) is 12.5. The Morgan fingerprint density at radius 2 is 1.94 bits per heavy atom. The lowest BCUT2D eigenvalue weighted by Gasteiger charge is -2.14. The smallest absolute Gasteiger partial charge is 0.306 e. The van der Waals surface area contributed by atoms with Crippen LogP contribution in [0, 0.1) is 0 Å². The van der Waals surface area contributed by atoms with Gasteiger partial charge in [0.05, 0.1) is 11.9 Å². The van der Waals surface area contributed by atoms with Crippen LogP contribution in [-0.2, 0) is 32.0 Å². The average Bonchev–Trinajstić information content (AvgIpc) is 2.82. The summed E-state index contributed by atoms with van der Waals surface area (Å²) in [7, 11) is 0. The number of nitrogens with zero attached hydrogens (tertiary/aromatic N) is 1. The zero-order valence-corrected chi connectivity index (χ0v) is 20.2. The van der Waals surface area contributed by atoms with E-state index >= 15 is 0 Å². The Bertz CT molecular complexity index is 887. The van der Waals surface area contributed by atoms with Gasteiger partial charge in [0.15, 0.2) is 0 Å². The molecule has 2 atom stereocenters. The summed E-state index contributed by atoms with van der Waals surface area (Å²) < 4.78 is 11.3. The first-order valence-electron chi connectivity index (χ1n) is 11.1. The quantitative estimate of drug-likeness (QED) is 0.327. The number of pyridine rings is 1. The van der Waals surface area contributed by atoms with Gasteiger partial charge in [-0.25, -0.2) is 0 Å². The van der Waals surface area contributed by atoms with Gasteiger partial charge in [-0.1, -0.05) is 31.5 Å². The van der Waals surface area contributed by atoms with Crippen LogP contribution in [0.1, 0.15) is 56.0 Å². The number of hydrogen-bond donors (Lipinski definition) is 1. The van der Waals surface area contributed by atoms with Crippen molar-refractivity contribution in [1.82, 2.24) is 10.3 Å². The third kappa shape index (κ3) is 9.26. The molecule has 1 aromatic carbocycles. The number of carbonyl (C=O) groups excluding carboxylic acids is 3. The van der Waals surface area contributed by atoms with Gasteiger partial charge in [0.25, 0.3) is 0 Å². The van der Waals surface area contributed by atoms with Gasteiger partial charge in [-0.15, -0.1) is 0 Å². The number of benzene rings is 1. The van der Waals surface area contributed by atoms with Crippen molar-refractivity contribution in [3.05, 3.63) is 59.4 Å². The minimum Gasteiger partial charge on any atom is -0.493 e. The minimum atomic E-state index is -0.321. The van der Waals surface area contributed by atoms with Crippen LogP contribution in [0.2, 0.25) is 0 Å². The predicted molar refractivity (Wildman–Crippen MR) is 129 cm³/mol. The van der Waals surface area contributed by atoms with Gasteiger partial charge < -0.3 is 9.47 Å². The molecule has 2 aromatic rings. The highest BCUT2D eigenvalue weighted by Crippen LogP contribution is 2.19. The van der Waals surface area contributed by atoms with Gasteiger partial charge in [0, 0.05) is 30.3 Å². The first-order chi connectivity index (χ1) is 16.0. The molecule has 0 aliphatic heterocycles. The van der Waals surface area contributed by atoms with Crippen LogP contribution in [0.25, 0.3) is 0 Å². The van der Waals surface area contributed by atoms with Crippen LogP contribution in [0.4, 0.5) is 0 Å². The SMILES string of the molecule is CCCCC(=O)OC(C)c1ccc(CCOc2ccc(CC(SC)C(=O)NC=O)cc2)nc1. The van der Waals surface area contributed by atoms with E-state index in [1.807, 2.05) is 56.5 Å². The average molecular weight is 473 g/mol. The number of carbonyl (C=O) groups is 3. The maximum absolute atomic E-state index is 11.8. The summed E-state index contributed by atoms with van der Waals surface area (Å²) >= 11 is 1.40. The second-order valence-electron chi connectivity index (χ2n) is 7.62. The van der Waals surface area contributed by atoms with E-state index < -0.39 is 0 Å². The lowest BCUT2D eigenvalue weighted by Crippen LogP contribution is -2.32. The van der Waals surface area contributed by atoms with Crippen molar-refractivity contribution in [1.29, 1.82) is 0 Å². The Hall–Kier alpha value is -2.87. The van der Waals surface area contributed by atoms with E-state index in [0.717, 1.165) is 35.4 Å². The van der Waals surface area contributed by atoms with Crippen molar-refractivity contribution in [3.63, 3.8) is 0 Å². The molecular weight excluding hydrogens is 440 g/mol. The lowest BCUT2D eigenvalue weighted by molar-refractivity contribution is -0.148. The number of rotatable bonds is 14. The van der Waals surface area contributed by atoms with E-state index in [1.165, 1.54) is 11.8 Å². The van der Waals surface area contributed by atoms with E-state index in [1.54, 1.807) is 6.20 Å². The lowest BCUT2D eigenvalue weighted by atomic mass is 10.1. The molecule has 33 heavy (non-hydrogen) atoms. The fourth-order valence-electron chi connectivity index (χ4n) is 3.11. The third-order valence-corrected chi connectivity index (χ3v) is 6.06. The van der Waals surface area contributed by atoms with Crippen LogP contribution in [0.15, 0.2) is 42.6 Å². The number of amides is 2. The largest absolute Gasteiger partial charge is 0.493 e. The van der Waals surface area contributed by atoms with Crippen LogP contribution in [0.5, 0.6) is 5.75 Å². The molecule has 0 radical (unpaired) electrons. The van der Waals surface area contributed by atoms with Crippen molar-refractivity contribution in [3.8, 4) is 5.75 Å². The van der Waals surface area contributed by atoms with Gasteiger partial charge in [0.2, 0.25) is 12.3 Å². The highest BCUT2D eigenvalue weighted by atomic mass is 32.2. The summed E-state index contributed by atoms with van der Waals surface area (Å²) in [6, 6.07) is 11.4. The minimum absolute atomic E-state index is 0.180. The number of imide groups is 1. The van der Waals surface area contributed by atoms with E-state index in [0.29, 0.717) is 32.3 Å². The second-order valence-corrected chi connectivity index (χ2v) is 8.66. The van der Waals surface area contributed by atoms with Gasteiger partial charge in [0.1, 0.15) is 11.9 Å². The molecule has 0 spiro atoms. The molecule has 1 aromatic heterocycles. The number of ether oxygens (including phenoxy) is 2. The van der Waals surface area contributed by atoms with E-state index in [9.17, 15) is 14.4 Å². The van der Waals surface area contributed by atoms with Crippen molar-refractivity contribution >= 4 is 30.0 Å². The summed E-state index contributed by atoms with van der Waals surface area (Å²) in [6.07, 6.45) is 7.09. The fraction of sp³-hybridized carbons (Fsp3) is 0.440. The summed E-state index contributed by atoms with van der Waals surface area (Å²) in [5.74, 6) is 0.266. The Balaban J connectivity index is 1.79. The fourth-order valence-corrected chi connectivity index (χ4v) is 3.75. The standard InChI is InChI=1S/C25H32N2O5S/c1-4-5-6-24(29)32-18(2)20-9-10-21(26-16-20)13-14-31-22-11-7-19(8-12-22)15-23(33-3)25(30)27-17-28/h7-12,16-18,23H,4-6,13-15H2,1-3H3,(H,27,28,30). The highest BCUT2D eigenvalue weighted by Gasteiger charge is 2.17. The number of nitrogens with one attached hydrogen (secondary N) is 1. The monoisotopic (exact) mass is 472 g/mol. The van der Waals surface area contributed by atoms with E-state index in [2.05, 4.69) is 10.3 Å². The number of hydrogen-bond acceptors (Lipinski definition) is 7. The molecule has 178 valence electrons. The molecule has 8 heteroatoms. The Morgan fingerprint density at radius 3 is 2.55 bits per heavy atom. The van der Waals surface area contributed by atoms with Gasteiger partial charge in [-0.3, -0.25) is 24.7 Å². The van der Waals surface area contributed by atoms with Gasteiger partial charge in [-0.2, -0.15) is 11.8 Å². The van der Waals surface area contributed by atoms with Crippen molar-refractivity contribution < 1.29 is 23.9 Å². The zero-order chi connectivity index (χ0) is 24.1. The molecular formula is C25H32N2O5S. The molecule has 2 unspecified atom stereocenters. The molecule has 2 rings (SSSR count).